The number of aromatic nitrogens is 1. The molecule has 0 bridgehead atoms. The van der Waals surface area contributed by atoms with Crippen LogP contribution in [0.5, 0.6) is 0 Å². The fraction of sp³-hybridized carbons (Fsp3) is 0.545. The summed E-state index contributed by atoms with van der Waals surface area (Å²) in [6.45, 7) is 4.66. The van der Waals surface area contributed by atoms with Gasteiger partial charge in [-0.15, -0.1) is 0 Å². The van der Waals surface area contributed by atoms with Crippen molar-refractivity contribution < 1.29 is 9.59 Å². The van der Waals surface area contributed by atoms with E-state index < -0.39 is 0 Å². The molecular weight excluding hydrogens is 338 g/mol. The van der Waals surface area contributed by atoms with Crippen LogP contribution in [0.3, 0.4) is 0 Å². The highest BCUT2D eigenvalue weighted by atomic mass is 16.2. The number of aromatic amines is 1. The number of amides is 2. The highest BCUT2D eigenvalue weighted by Gasteiger charge is 2.24. The van der Waals surface area contributed by atoms with Crippen LogP contribution in [0.4, 0.5) is 0 Å². The molecule has 1 aromatic heterocycles. The Bertz CT molecular complexity index is 790. The second-order valence-electron chi connectivity index (χ2n) is 7.70. The molecule has 1 aliphatic rings. The molecule has 1 aliphatic carbocycles. The van der Waals surface area contributed by atoms with Crippen molar-refractivity contribution >= 4 is 22.7 Å². The van der Waals surface area contributed by atoms with E-state index in [1.165, 1.54) is 22.0 Å². The molecule has 1 saturated carbocycles. The summed E-state index contributed by atoms with van der Waals surface area (Å²) in [6.07, 6.45) is 8.40. The maximum Gasteiger partial charge on any atom is 0.223 e. The summed E-state index contributed by atoms with van der Waals surface area (Å²) in [5.74, 6) is 0.243. The Balaban J connectivity index is 1.43. The van der Waals surface area contributed by atoms with Gasteiger partial charge in [-0.05, 0) is 43.7 Å². The van der Waals surface area contributed by atoms with Crippen molar-refractivity contribution in [1.29, 1.82) is 0 Å². The number of carbonyl (C=O) groups is 2. The van der Waals surface area contributed by atoms with E-state index in [1.54, 1.807) is 0 Å². The Morgan fingerprint density at radius 3 is 2.74 bits per heavy atom. The van der Waals surface area contributed by atoms with Crippen LogP contribution in [-0.2, 0) is 22.4 Å². The van der Waals surface area contributed by atoms with Gasteiger partial charge in [0, 0.05) is 42.0 Å². The lowest BCUT2D eigenvalue weighted by atomic mass is 10.1. The van der Waals surface area contributed by atoms with Gasteiger partial charge < -0.3 is 15.6 Å². The molecule has 5 heteroatoms. The van der Waals surface area contributed by atoms with Gasteiger partial charge in [0.05, 0.1) is 0 Å². The molecule has 3 N–H and O–H groups in total. The first-order chi connectivity index (χ1) is 13.1. The molecule has 3 rings (SSSR count). The summed E-state index contributed by atoms with van der Waals surface area (Å²) in [6, 6.07) is 6.23. The number of H-pyrrole nitrogens is 1. The van der Waals surface area contributed by atoms with Crippen molar-refractivity contribution in [3.63, 3.8) is 0 Å². The molecule has 1 fully saturated rings. The Kier molecular flexibility index (Phi) is 6.54. The number of nitrogens with one attached hydrogen (secondary N) is 3. The molecule has 0 radical (unpaired) electrons. The molecule has 0 saturated heterocycles. The zero-order valence-electron chi connectivity index (χ0n) is 16.4. The van der Waals surface area contributed by atoms with Gasteiger partial charge in [-0.2, -0.15) is 0 Å². The number of benzene rings is 1. The van der Waals surface area contributed by atoms with Crippen LogP contribution in [0.25, 0.3) is 10.9 Å². The van der Waals surface area contributed by atoms with Gasteiger partial charge in [0.2, 0.25) is 11.8 Å². The minimum Gasteiger partial charge on any atom is -0.361 e. The lowest BCUT2D eigenvalue weighted by Crippen LogP contribution is -2.40. The average molecular weight is 370 g/mol. The van der Waals surface area contributed by atoms with Crippen molar-refractivity contribution in [3.05, 3.63) is 35.5 Å². The highest BCUT2D eigenvalue weighted by Crippen LogP contribution is 2.25. The Labute approximate surface area is 161 Å². The SMILES string of the molecule is CCc1cccc2c(CCNC(=O)CC(C)NC(=O)C3CCCC3)c[nH]c12. The maximum absolute atomic E-state index is 12.2. The van der Waals surface area contributed by atoms with E-state index in [0.29, 0.717) is 13.0 Å². The van der Waals surface area contributed by atoms with Gasteiger partial charge in [0.25, 0.3) is 0 Å². The van der Waals surface area contributed by atoms with Crippen LogP contribution in [0, 0.1) is 5.92 Å². The molecule has 5 nitrogen and oxygen atoms in total. The van der Waals surface area contributed by atoms with E-state index in [-0.39, 0.29) is 23.8 Å². The predicted octanol–water partition coefficient (Wildman–Crippen LogP) is 3.47. The first-order valence-electron chi connectivity index (χ1n) is 10.2. The van der Waals surface area contributed by atoms with Gasteiger partial charge >= 0.3 is 0 Å². The van der Waals surface area contributed by atoms with Gasteiger partial charge in [-0.1, -0.05) is 38.0 Å². The predicted molar refractivity (Wildman–Crippen MR) is 109 cm³/mol. The summed E-state index contributed by atoms with van der Waals surface area (Å²) < 4.78 is 0. The number of carbonyl (C=O) groups excluding carboxylic acids is 2. The minimum absolute atomic E-state index is 0.0108. The van der Waals surface area contributed by atoms with E-state index in [1.807, 2.05) is 13.1 Å². The fourth-order valence-corrected chi connectivity index (χ4v) is 4.06. The van der Waals surface area contributed by atoms with Crippen LogP contribution < -0.4 is 10.6 Å². The minimum atomic E-state index is -0.127. The number of para-hydroxylation sites is 1. The zero-order chi connectivity index (χ0) is 19.2. The summed E-state index contributed by atoms with van der Waals surface area (Å²) in [5.41, 5.74) is 3.74. The lowest BCUT2D eigenvalue weighted by molar-refractivity contribution is -0.126. The topological polar surface area (TPSA) is 74.0 Å². The summed E-state index contributed by atoms with van der Waals surface area (Å²) in [4.78, 5) is 27.7. The Morgan fingerprint density at radius 1 is 1.22 bits per heavy atom. The second kappa shape index (κ2) is 9.07. The van der Waals surface area contributed by atoms with Crippen LogP contribution in [0.15, 0.2) is 24.4 Å². The van der Waals surface area contributed by atoms with E-state index in [2.05, 4.69) is 40.7 Å². The van der Waals surface area contributed by atoms with E-state index in [4.69, 9.17) is 0 Å². The van der Waals surface area contributed by atoms with Gasteiger partial charge in [0.15, 0.2) is 0 Å². The summed E-state index contributed by atoms with van der Waals surface area (Å²) in [7, 11) is 0. The Morgan fingerprint density at radius 2 is 2.00 bits per heavy atom. The normalized spacial score (nSPS) is 15.8. The number of fused-ring (bicyclic) bond motifs is 1. The van der Waals surface area contributed by atoms with Gasteiger partial charge in [-0.25, -0.2) is 0 Å². The third-order valence-electron chi connectivity index (χ3n) is 5.59. The number of hydrogen-bond acceptors (Lipinski definition) is 2. The molecule has 27 heavy (non-hydrogen) atoms. The molecule has 1 atom stereocenters. The van der Waals surface area contributed by atoms with Crippen molar-refractivity contribution in [2.24, 2.45) is 5.92 Å². The summed E-state index contributed by atoms with van der Waals surface area (Å²) >= 11 is 0. The molecular formula is C22H31N3O2. The number of aryl methyl sites for hydroxylation is 1. The highest BCUT2D eigenvalue weighted by molar-refractivity contribution is 5.86. The average Bonchev–Trinajstić information content (AvgIpc) is 3.31. The first kappa shape index (κ1) is 19.5. The van der Waals surface area contributed by atoms with Crippen molar-refractivity contribution in [3.8, 4) is 0 Å². The Hall–Kier alpha value is -2.30. The van der Waals surface area contributed by atoms with Crippen molar-refractivity contribution in [2.75, 3.05) is 6.54 Å². The third-order valence-corrected chi connectivity index (χ3v) is 5.59. The van der Waals surface area contributed by atoms with E-state index in [0.717, 1.165) is 38.5 Å². The molecule has 2 aromatic rings. The monoisotopic (exact) mass is 369 g/mol. The van der Waals surface area contributed by atoms with Crippen LogP contribution in [-0.4, -0.2) is 29.4 Å². The van der Waals surface area contributed by atoms with Crippen molar-refractivity contribution in [1.82, 2.24) is 15.6 Å². The largest absolute Gasteiger partial charge is 0.361 e. The van der Waals surface area contributed by atoms with Crippen LogP contribution in [0.1, 0.15) is 57.1 Å². The third kappa shape index (κ3) is 4.90. The van der Waals surface area contributed by atoms with E-state index >= 15 is 0 Å². The number of rotatable bonds is 8. The molecule has 0 aliphatic heterocycles. The molecule has 2 amide bonds. The fourth-order valence-electron chi connectivity index (χ4n) is 4.06. The lowest BCUT2D eigenvalue weighted by Gasteiger charge is -2.16. The van der Waals surface area contributed by atoms with Crippen LogP contribution in [0.2, 0.25) is 0 Å². The molecule has 146 valence electrons. The van der Waals surface area contributed by atoms with Gasteiger partial charge in [-0.3, -0.25) is 9.59 Å². The molecule has 1 aromatic carbocycles. The molecule has 1 heterocycles. The number of hydrogen-bond donors (Lipinski definition) is 3. The molecule has 1 unspecified atom stereocenters. The van der Waals surface area contributed by atoms with Gasteiger partial charge in [0.1, 0.15) is 0 Å². The standard InChI is InChI=1S/C22H31N3O2/c1-3-16-9-6-10-19-18(14-24-21(16)19)11-12-23-20(26)13-15(2)25-22(27)17-7-4-5-8-17/h6,9-10,14-15,17,24H,3-5,7-8,11-13H2,1-2H3,(H,23,26)(H,25,27). The van der Waals surface area contributed by atoms with Crippen molar-refractivity contribution in [2.45, 2.75) is 64.8 Å². The van der Waals surface area contributed by atoms with E-state index in [9.17, 15) is 9.59 Å². The first-order valence-corrected chi connectivity index (χ1v) is 10.2. The summed E-state index contributed by atoms with van der Waals surface area (Å²) in [5, 5.41) is 7.21. The quantitative estimate of drug-likeness (QED) is 0.666. The molecule has 0 spiro atoms. The van der Waals surface area contributed by atoms with Crippen LogP contribution >= 0.6 is 0 Å². The maximum atomic E-state index is 12.2. The second-order valence-corrected chi connectivity index (χ2v) is 7.70. The smallest absolute Gasteiger partial charge is 0.223 e. The zero-order valence-corrected chi connectivity index (χ0v) is 16.4.